The Balaban J connectivity index is 1.82. The molecule has 1 saturated heterocycles. The van der Waals surface area contributed by atoms with Crippen molar-refractivity contribution in [2.24, 2.45) is 5.92 Å². The Hall–Kier alpha value is -1.40. The van der Waals surface area contributed by atoms with Crippen LogP contribution in [0, 0.1) is 5.92 Å². The third-order valence-corrected chi connectivity index (χ3v) is 5.17. The van der Waals surface area contributed by atoms with Gasteiger partial charge in [-0.2, -0.15) is 0 Å². The summed E-state index contributed by atoms with van der Waals surface area (Å²) >= 11 is 0. The van der Waals surface area contributed by atoms with Gasteiger partial charge in [-0.25, -0.2) is 13.1 Å². The predicted octanol–water partition coefficient (Wildman–Crippen LogP) is 1.61. The maximum absolute atomic E-state index is 12.1. The van der Waals surface area contributed by atoms with Crippen LogP contribution in [0.2, 0.25) is 0 Å². The molecule has 1 aromatic carbocycles. The van der Waals surface area contributed by atoms with Crippen LogP contribution in [0.15, 0.2) is 35.2 Å². The molecule has 0 bridgehead atoms. The first kappa shape index (κ1) is 16.0. The van der Waals surface area contributed by atoms with Crippen molar-refractivity contribution in [1.82, 2.24) is 9.62 Å². The van der Waals surface area contributed by atoms with Gasteiger partial charge in [0, 0.05) is 26.1 Å². The van der Waals surface area contributed by atoms with Gasteiger partial charge in [-0.05, 0) is 30.9 Å². The molecule has 1 atom stereocenters. The average Bonchev–Trinajstić information content (AvgIpc) is 2.48. The SMILES string of the molecule is CC1CCCN(C(=O)CCNS(=O)(=O)c2ccccc2)C1. The van der Waals surface area contributed by atoms with Gasteiger partial charge < -0.3 is 4.90 Å². The van der Waals surface area contributed by atoms with Gasteiger partial charge in [0.05, 0.1) is 4.90 Å². The molecule has 0 radical (unpaired) electrons. The predicted molar refractivity (Wildman–Crippen MR) is 81.2 cm³/mol. The molecule has 2 rings (SSSR count). The van der Waals surface area contributed by atoms with Gasteiger partial charge in [-0.15, -0.1) is 0 Å². The minimum absolute atomic E-state index is 0.0253. The monoisotopic (exact) mass is 310 g/mol. The maximum atomic E-state index is 12.1. The molecular weight excluding hydrogens is 288 g/mol. The quantitative estimate of drug-likeness (QED) is 0.898. The van der Waals surface area contributed by atoms with Gasteiger partial charge in [-0.1, -0.05) is 25.1 Å². The number of piperidine rings is 1. The number of rotatable bonds is 5. The summed E-state index contributed by atoms with van der Waals surface area (Å²) in [5.41, 5.74) is 0. The van der Waals surface area contributed by atoms with E-state index < -0.39 is 10.0 Å². The van der Waals surface area contributed by atoms with Crippen molar-refractivity contribution < 1.29 is 13.2 Å². The van der Waals surface area contributed by atoms with Crippen LogP contribution in [-0.2, 0) is 14.8 Å². The molecule has 1 N–H and O–H groups in total. The Morgan fingerprint density at radius 1 is 1.33 bits per heavy atom. The molecule has 116 valence electrons. The van der Waals surface area contributed by atoms with Gasteiger partial charge in [0.15, 0.2) is 0 Å². The Morgan fingerprint density at radius 2 is 2.05 bits per heavy atom. The number of carbonyl (C=O) groups excluding carboxylic acids is 1. The third-order valence-electron chi connectivity index (χ3n) is 3.69. The normalized spacial score (nSPS) is 19.5. The van der Waals surface area contributed by atoms with E-state index in [1.165, 1.54) is 12.1 Å². The molecule has 1 unspecified atom stereocenters. The Morgan fingerprint density at radius 3 is 2.71 bits per heavy atom. The topological polar surface area (TPSA) is 66.5 Å². The standard InChI is InChI=1S/C15H22N2O3S/c1-13-6-5-11-17(12-13)15(18)9-10-16-21(19,20)14-7-3-2-4-8-14/h2-4,7-8,13,16H,5-6,9-12H2,1H3. The van der Waals surface area contributed by atoms with Crippen molar-refractivity contribution in [1.29, 1.82) is 0 Å². The van der Waals surface area contributed by atoms with Crippen LogP contribution < -0.4 is 4.72 Å². The lowest BCUT2D eigenvalue weighted by Gasteiger charge is -2.31. The van der Waals surface area contributed by atoms with Crippen LogP contribution in [0.3, 0.4) is 0 Å². The summed E-state index contributed by atoms with van der Waals surface area (Å²) < 4.78 is 26.5. The molecule has 0 saturated carbocycles. The van der Waals surface area contributed by atoms with Crippen molar-refractivity contribution in [2.45, 2.75) is 31.1 Å². The molecule has 1 aromatic rings. The van der Waals surface area contributed by atoms with Crippen molar-refractivity contribution in [3.63, 3.8) is 0 Å². The van der Waals surface area contributed by atoms with E-state index in [0.29, 0.717) is 5.92 Å². The number of amides is 1. The summed E-state index contributed by atoms with van der Waals surface area (Å²) in [6.07, 6.45) is 2.39. The molecule has 0 aliphatic carbocycles. The van der Waals surface area contributed by atoms with Crippen LogP contribution in [0.25, 0.3) is 0 Å². The van der Waals surface area contributed by atoms with Crippen LogP contribution in [0.4, 0.5) is 0 Å². The van der Waals surface area contributed by atoms with E-state index >= 15 is 0 Å². The summed E-state index contributed by atoms with van der Waals surface area (Å²) in [7, 11) is -3.52. The first-order valence-corrected chi connectivity index (χ1v) is 8.80. The lowest BCUT2D eigenvalue weighted by molar-refractivity contribution is -0.132. The molecular formula is C15H22N2O3S. The van der Waals surface area contributed by atoms with E-state index in [0.717, 1.165) is 25.9 Å². The molecule has 5 nitrogen and oxygen atoms in total. The maximum Gasteiger partial charge on any atom is 0.240 e. The van der Waals surface area contributed by atoms with Crippen LogP contribution in [0.1, 0.15) is 26.2 Å². The minimum atomic E-state index is -3.52. The first-order valence-electron chi connectivity index (χ1n) is 7.31. The van der Waals surface area contributed by atoms with Gasteiger partial charge in [0.1, 0.15) is 0 Å². The van der Waals surface area contributed by atoms with Crippen LogP contribution in [-0.4, -0.2) is 38.9 Å². The minimum Gasteiger partial charge on any atom is -0.342 e. The second-order valence-corrected chi connectivity index (χ2v) is 7.31. The van der Waals surface area contributed by atoms with Gasteiger partial charge in [0.2, 0.25) is 15.9 Å². The van der Waals surface area contributed by atoms with E-state index in [9.17, 15) is 13.2 Å². The number of likely N-dealkylation sites (tertiary alicyclic amines) is 1. The van der Waals surface area contributed by atoms with E-state index in [1.54, 1.807) is 18.2 Å². The molecule has 1 heterocycles. The highest BCUT2D eigenvalue weighted by Crippen LogP contribution is 2.16. The second-order valence-electron chi connectivity index (χ2n) is 5.55. The van der Waals surface area contributed by atoms with Crippen LogP contribution in [0.5, 0.6) is 0 Å². The van der Waals surface area contributed by atoms with Crippen molar-refractivity contribution in [3.8, 4) is 0 Å². The molecule has 0 spiro atoms. The number of benzene rings is 1. The smallest absolute Gasteiger partial charge is 0.240 e. The summed E-state index contributed by atoms with van der Waals surface area (Å²) in [4.78, 5) is 14.1. The van der Waals surface area contributed by atoms with Gasteiger partial charge >= 0.3 is 0 Å². The molecule has 1 amide bonds. The fourth-order valence-corrected chi connectivity index (χ4v) is 3.60. The zero-order chi connectivity index (χ0) is 15.3. The van der Waals surface area contributed by atoms with Crippen molar-refractivity contribution in [2.75, 3.05) is 19.6 Å². The Labute approximate surface area is 126 Å². The van der Waals surface area contributed by atoms with Crippen LogP contribution >= 0.6 is 0 Å². The Bertz CT molecular complexity index is 572. The average molecular weight is 310 g/mol. The highest BCUT2D eigenvalue weighted by atomic mass is 32.2. The third kappa shape index (κ3) is 4.54. The highest BCUT2D eigenvalue weighted by Gasteiger charge is 2.21. The molecule has 1 aliphatic heterocycles. The molecule has 0 aromatic heterocycles. The molecule has 1 aliphatic rings. The molecule has 21 heavy (non-hydrogen) atoms. The van der Waals surface area contributed by atoms with E-state index in [-0.39, 0.29) is 23.8 Å². The van der Waals surface area contributed by atoms with Gasteiger partial charge in [-0.3, -0.25) is 4.79 Å². The fraction of sp³-hybridized carbons (Fsp3) is 0.533. The largest absolute Gasteiger partial charge is 0.342 e. The van der Waals surface area contributed by atoms with Crippen molar-refractivity contribution >= 4 is 15.9 Å². The molecule has 1 fully saturated rings. The Kier molecular flexibility index (Phi) is 5.36. The van der Waals surface area contributed by atoms with Crippen molar-refractivity contribution in [3.05, 3.63) is 30.3 Å². The number of nitrogens with one attached hydrogen (secondary N) is 1. The zero-order valence-corrected chi connectivity index (χ0v) is 13.1. The summed E-state index contributed by atoms with van der Waals surface area (Å²) in [6, 6.07) is 8.19. The second kappa shape index (κ2) is 7.04. The lowest BCUT2D eigenvalue weighted by Crippen LogP contribution is -2.40. The lowest BCUT2D eigenvalue weighted by atomic mass is 10.0. The zero-order valence-electron chi connectivity index (χ0n) is 12.3. The fourth-order valence-electron chi connectivity index (χ4n) is 2.55. The summed E-state index contributed by atoms with van der Waals surface area (Å²) in [5.74, 6) is 0.557. The van der Waals surface area contributed by atoms with E-state index in [2.05, 4.69) is 11.6 Å². The number of hydrogen-bond acceptors (Lipinski definition) is 3. The molecule has 6 heteroatoms. The van der Waals surface area contributed by atoms with E-state index in [4.69, 9.17) is 0 Å². The number of sulfonamides is 1. The number of hydrogen-bond donors (Lipinski definition) is 1. The first-order chi connectivity index (χ1) is 9.99. The van der Waals surface area contributed by atoms with E-state index in [1.807, 2.05) is 4.90 Å². The number of carbonyl (C=O) groups is 1. The number of nitrogens with zero attached hydrogens (tertiary/aromatic N) is 1. The summed E-state index contributed by atoms with van der Waals surface area (Å²) in [5, 5.41) is 0. The summed E-state index contributed by atoms with van der Waals surface area (Å²) in [6.45, 7) is 3.84. The van der Waals surface area contributed by atoms with Gasteiger partial charge in [0.25, 0.3) is 0 Å². The highest BCUT2D eigenvalue weighted by molar-refractivity contribution is 7.89.